The first-order valence-corrected chi connectivity index (χ1v) is 11.5. The number of hydrazone groups is 1. The summed E-state index contributed by atoms with van der Waals surface area (Å²) in [6, 6.07) is 12.6. The van der Waals surface area contributed by atoms with Gasteiger partial charge in [-0.05, 0) is 66.8 Å². The minimum atomic E-state index is -3.64. The molecule has 0 unspecified atom stereocenters. The van der Waals surface area contributed by atoms with E-state index >= 15 is 0 Å². The molecule has 0 radical (unpaired) electrons. The van der Waals surface area contributed by atoms with Gasteiger partial charge in [-0.2, -0.15) is 5.10 Å². The number of nitrogens with one attached hydrogen (secondary N) is 1. The lowest BCUT2D eigenvalue weighted by Gasteiger charge is -2.23. The average molecular weight is 432 g/mol. The van der Waals surface area contributed by atoms with Crippen LogP contribution in [0.2, 0.25) is 0 Å². The average Bonchev–Trinajstić information content (AvgIpc) is 2.67. The van der Waals surface area contributed by atoms with Gasteiger partial charge >= 0.3 is 0 Å². The Hall–Kier alpha value is -2.87. The van der Waals surface area contributed by atoms with Crippen molar-refractivity contribution >= 4 is 27.8 Å². The monoisotopic (exact) mass is 431 g/mol. The van der Waals surface area contributed by atoms with Gasteiger partial charge in [-0.1, -0.05) is 26.0 Å². The van der Waals surface area contributed by atoms with Crippen LogP contribution in [0.15, 0.2) is 47.6 Å². The highest BCUT2D eigenvalue weighted by atomic mass is 32.2. The number of sulfonamides is 1. The Labute approximate surface area is 178 Å². The lowest BCUT2D eigenvalue weighted by Crippen LogP contribution is -2.39. The van der Waals surface area contributed by atoms with Gasteiger partial charge in [0.05, 0.1) is 24.8 Å². The second-order valence-electron chi connectivity index (χ2n) is 7.56. The second-order valence-corrected chi connectivity index (χ2v) is 9.46. The third-order valence-corrected chi connectivity index (χ3v) is 5.53. The molecule has 162 valence electrons. The lowest BCUT2D eigenvalue weighted by atomic mass is 10.1. The Morgan fingerprint density at radius 2 is 1.83 bits per heavy atom. The zero-order chi connectivity index (χ0) is 22.3. The molecule has 0 atom stereocenters. The number of aryl methyl sites for hydroxylation is 1. The number of ether oxygens (including phenoxy) is 1. The van der Waals surface area contributed by atoms with Crippen molar-refractivity contribution in [3.63, 3.8) is 0 Å². The number of amides is 1. The van der Waals surface area contributed by atoms with Gasteiger partial charge < -0.3 is 4.74 Å². The molecule has 1 N–H and O–H groups in total. The third-order valence-electron chi connectivity index (χ3n) is 4.40. The molecule has 2 rings (SSSR count). The van der Waals surface area contributed by atoms with Crippen molar-refractivity contribution in [1.82, 2.24) is 5.43 Å². The minimum Gasteiger partial charge on any atom is -0.493 e. The molecule has 0 heterocycles. The van der Waals surface area contributed by atoms with E-state index in [0.717, 1.165) is 33.0 Å². The summed E-state index contributed by atoms with van der Waals surface area (Å²) in [5.74, 6) is 0.674. The molecule has 0 aliphatic heterocycles. The number of nitrogens with zero attached hydrogens (tertiary/aromatic N) is 2. The van der Waals surface area contributed by atoms with Crippen molar-refractivity contribution < 1.29 is 17.9 Å². The highest BCUT2D eigenvalue weighted by Gasteiger charge is 2.22. The van der Waals surface area contributed by atoms with Gasteiger partial charge in [0.1, 0.15) is 12.3 Å². The van der Waals surface area contributed by atoms with Gasteiger partial charge in [-0.15, -0.1) is 0 Å². The molecule has 2 aromatic rings. The number of rotatable bonds is 9. The molecule has 0 spiro atoms. The van der Waals surface area contributed by atoms with Crippen LogP contribution in [0, 0.1) is 19.8 Å². The van der Waals surface area contributed by atoms with E-state index < -0.39 is 15.9 Å². The third kappa shape index (κ3) is 6.88. The SMILES string of the molecule is Cc1cccc(N(CC(=O)NN=Cc2ccc(OCC(C)C)cc2)S(C)(=O)=O)c1C. The van der Waals surface area contributed by atoms with E-state index in [-0.39, 0.29) is 6.54 Å². The molecular weight excluding hydrogens is 402 g/mol. The molecule has 0 bridgehead atoms. The Morgan fingerprint density at radius 1 is 1.17 bits per heavy atom. The second kappa shape index (κ2) is 10.2. The standard InChI is InChI=1S/C22H29N3O4S/c1-16(2)15-29-20-11-9-19(10-12-20)13-23-24-22(26)14-25(30(5,27)28)21-8-6-7-17(3)18(21)4/h6-13,16H,14-15H2,1-5H3,(H,24,26). The Balaban J connectivity index is 2.01. The summed E-state index contributed by atoms with van der Waals surface area (Å²) in [7, 11) is -3.64. The van der Waals surface area contributed by atoms with Crippen LogP contribution in [-0.2, 0) is 14.8 Å². The van der Waals surface area contributed by atoms with Gasteiger partial charge in [-0.3, -0.25) is 9.10 Å². The maximum Gasteiger partial charge on any atom is 0.260 e. The fourth-order valence-corrected chi connectivity index (χ4v) is 3.55. The van der Waals surface area contributed by atoms with Gasteiger partial charge in [0.2, 0.25) is 10.0 Å². The Morgan fingerprint density at radius 3 is 2.43 bits per heavy atom. The summed E-state index contributed by atoms with van der Waals surface area (Å²) in [6.45, 7) is 8.16. The van der Waals surface area contributed by atoms with E-state index in [9.17, 15) is 13.2 Å². The molecule has 8 heteroatoms. The first-order valence-electron chi connectivity index (χ1n) is 9.66. The highest BCUT2D eigenvalue weighted by molar-refractivity contribution is 7.92. The topological polar surface area (TPSA) is 88.1 Å². The van der Waals surface area contributed by atoms with Crippen LogP contribution in [0.4, 0.5) is 5.69 Å². The van der Waals surface area contributed by atoms with Crippen LogP contribution >= 0.6 is 0 Å². The summed E-state index contributed by atoms with van der Waals surface area (Å²) in [5, 5.41) is 3.93. The fraction of sp³-hybridized carbons (Fsp3) is 0.364. The normalized spacial score (nSPS) is 11.7. The zero-order valence-corrected chi connectivity index (χ0v) is 18.9. The number of carbonyl (C=O) groups is 1. The van der Waals surface area contributed by atoms with E-state index in [4.69, 9.17) is 4.74 Å². The first kappa shape index (κ1) is 23.4. The minimum absolute atomic E-state index is 0.359. The van der Waals surface area contributed by atoms with Crippen LogP contribution in [0.25, 0.3) is 0 Å². The van der Waals surface area contributed by atoms with Crippen LogP contribution < -0.4 is 14.5 Å². The van der Waals surface area contributed by atoms with Crippen molar-refractivity contribution in [2.24, 2.45) is 11.0 Å². The molecular formula is C22H29N3O4S. The lowest BCUT2D eigenvalue weighted by molar-refractivity contribution is -0.119. The van der Waals surface area contributed by atoms with E-state index in [1.54, 1.807) is 12.1 Å². The van der Waals surface area contributed by atoms with Gasteiger partial charge in [0, 0.05) is 0 Å². The van der Waals surface area contributed by atoms with Crippen LogP contribution in [0.3, 0.4) is 0 Å². The zero-order valence-electron chi connectivity index (χ0n) is 18.0. The van der Waals surface area contributed by atoms with Crippen LogP contribution in [-0.4, -0.2) is 39.9 Å². The molecule has 7 nitrogen and oxygen atoms in total. The van der Waals surface area contributed by atoms with Crippen LogP contribution in [0.1, 0.15) is 30.5 Å². The van der Waals surface area contributed by atoms with Crippen molar-refractivity contribution in [3.8, 4) is 5.75 Å². The largest absolute Gasteiger partial charge is 0.493 e. The number of carbonyl (C=O) groups excluding carboxylic acids is 1. The number of anilines is 1. The predicted molar refractivity (Wildman–Crippen MR) is 121 cm³/mol. The smallest absolute Gasteiger partial charge is 0.260 e. The molecule has 2 aromatic carbocycles. The van der Waals surface area contributed by atoms with Crippen molar-refractivity contribution in [2.75, 3.05) is 23.7 Å². The van der Waals surface area contributed by atoms with E-state index in [1.807, 2.05) is 44.2 Å². The van der Waals surface area contributed by atoms with Crippen molar-refractivity contribution in [1.29, 1.82) is 0 Å². The Bertz CT molecular complexity index is 1000. The van der Waals surface area contributed by atoms with E-state index in [0.29, 0.717) is 18.2 Å². The number of hydrogen-bond acceptors (Lipinski definition) is 5. The molecule has 0 saturated heterocycles. The van der Waals surface area contributed by atoms with Crippen molar-refractivity contribution in [3.05, 3.63) is 59.2 Å². The maximum atomic E-state index is 12.3. The molecule has 0 aliphatic carbocycles. The molecule has 30 heavy (non-hydrogen) atoms. The Kier molecular flexibility index (Phi) is 8.00. The summed E-state index contributed by atoms with van der Waals surface area (Å²) in [4.78, 5) is 12.3. The van der Waals surface area contributed by atoms with Gasteiger partial charge in [0.25, 0.3) is 5.91 Å². The molecule has 0 aliphatic rings. The fourth-order valence-electron chi connectivity index (χ4n) is 2.64. The highest BCUT2D eigenvalue weighted by Crippen LogP contribution is 2.24. The molecule has 1 amide bonds. The molecule has 0 fully saturated rings. The van der Waals surface area contributed by atoms with Gasteiger partial charge in [0.15, 0.2) is 0 Å². The quantitative estimate of drug-likeness (QED) is 0.488. The maximum absolute atomic E-state index is 12.3. The van der Waals surface area contributed by atoms with Crippen molar-refractivity contribution in [2.45, 2.75) is 27.7 Å². The number of hydrogen-bond donors (Lipinski definition) is 1. The molecule has 0 saturated carbocycles. The van der Waals surface area contributed by atoms with Crippen LogP contribution in [0.5, 0.6) is 5.75 Å². The van der Waals surface area contributed by atoms with E-state index in [2.05, 4.69) is 24.4 Å². The number of benzene rings is 2. The summed E-state index contributed by atoms with van der Waals surface area (Å²) in [5.41, 5.74) is 5.39. The summed E-state index contributed by atoms with van der Waals surface area (Å²) in [6.07, 6.45) is 2.57. The first-order chi connectivity index (χ1) is 14.1. The summed E-state index contributed by atoms with van der Waals surface area (Å²) >= 11 is 0. The van der Waals surface area contributed by atoms with Gasteiger partial charge in [-0.25, -0.2) is 13.8 Å². The summed E-state index contributed by atoms with van der Waals surface area (Å²) < 4.78 is 31.2. The molecule has 0 aromatic heterocycles. The van der Waals surface area contributed by atoms with E-state index in [1.165, 1.54) is 6.21 Å². The predicted octanol–water partition coefficient (Wildman–Crippen LogP) is 3.25.